The Balaban J connectivity index is 3.27. The summed E-state index contributed by atoms with van der Waals surface area (Å²) in [5.41, 5.74) is 10.7. The number of nitrogen functional groups attached to an aromatic ring is 1. The first-order valence-corrected chi connectivity index (χ1v) is 6.29. The minimum Gasteiger partial charge on any atom is -0.398 e. The third-order valence-electron chi connectivity index (χ3n) is 2.49. The number of nitrogens with one attached hydrogen (secondary N) is 2. The van der Waals surface area contributed by atoms with Gasteiger partial charge in [-0.25, -0.2) is 9.98 Å². The molecule has 0 radical (unpaired) electrons. The monoisotopic (exact) mass is 314 g/mol. The molecule has 1 aromatic heterocycles. The summed E-state index contributed by atoms with van der Waals surface area (Å²) >= 11 is 0. The zero-order valence-electron chi connectivity index (χ0n) is 12.1. The Kier molecular flexibility index (Phi) is 5.50. The number of anilines is 2. The SMILES string of the molecule is CC(C)Nc1nccc(N)c1C(N)=N/C=C(\C=N)C(F)(F)F. The third-order valence-corrected chi connectivity index (χ3v) is 2.49. The number of nitrogens with two attached hydrogens (primary N) is 2. The van der Waals surface area contributed by atoms with Gasteiger partial charge in [-0.15, -0.1) is 0 Å². The predicted octanol–water partition coefficient (Wildman–Crippen LogP) is 2.29. The highest BCUT2D eigenvalue weighted by Crippen LogP contribution is 2.24. The highest BCUT2D eigenvalue weighted by atomic mass is 19.4. The van der Waals surface area contributed by atoms with Gasteiger partial charge in [-0.2, -0.15) is 13.2 Å². The standard InChI is InChI=1S/C13H17F3N6/c1-7(2)22-12-10(9(18)3-4-20-12)11(19)21-6-8(5-17)13(14,15)16/h3-7,17H,1-2H3,(H2,19,21)(H3,18,20,22)/b8-6+,17-5?. The number of aromatic nitrogens is 1. The van der Waals surface area contributed by atoms with Gasteiger partial charge in [-0.1, -0.05) is 0 Å². The average molecular weight is 314 g/mol. The second-order valence-corrected chi connectivity index (χ2v) is 4.66. The molecule has 22 heavy (non-hydrogen) atoms. The molecule has 6 nitrogen and oxygen atoms in total. The van der Waals surface area contributed by atoms with Crippen molar-refractivity contribution in [1.82, 2.24) is 4.98 Å². The lowest BCUT2D eigenvalue weighted by atomic mass is 10.2. The van der Waals surface area contributed by atoms with Crippen LogP contribution in [-0.2, 0) is 0 Å². The van der Waals surface area contributed by atoms with Crippen LogP contribution in [0.25, 0.3) is 0 Å². The van der Waals surface area contributed by atoms with Gasteiger partial charge in [0.25, 0.3) is 0 Å². The number of allylic oxidation sites excluding steroid dienone is 1. The summed E-state index contributed by atoms with van der Waals surface area (Å²) in [4.78, 5) is 7.62. The summed E-state index contributed by atoms with van der Waals surface area (Å²) in [6.45, 7) is 3.72. The van der Waals surface area contributed by atoms with Crippen LogP contribution < -0.4 is 16.8 Å². The smallest absolute Gasteiger partial charge is 0.398 e. The molecule has 0 aliphatic carbocycles. The Morgan fingerprint density at radius 3 is 2.59 bits per heavy atom. The molecular formula is C13H17F3N6. The van der Waals surface area contributed by atoms with Crippen molar-refractivity contribution in [2.75, 3.05) is 11.1 Å². The zero-order valence-corrected chi connectivity index (χ0v) is 12.1. The van der Waals surface area contributed by atoms with Gasteiger partial charge < -0.3 is 22.2 Å². The Hall–Kier alpha value is -2.58. The third kappa shape index (κ3) is 4.47. The second-order valence-electron chi connectivity index (χ2n) is 4.66. The number of nitrogens with zero attached hydrogens (tertiary/aromatic N) is 2. The lowest BCUT2D eigenvalue weighted by molar-refractivity contribution is -0.0858. The summed E-state index contributed by atoms with van der Waals surface area (Å²) in [5.74, 6) is 0.102. The summed E-state index contributed by atoms with van der Waals surface area (Å²) < 4.78 is 37.6. The van der Waals surface area contributed by atoms with Crippen LogP contribution >= 0.6 is 0 Å². The van der Waals surface area contributed by atoms with Crippen LogP contribution in [0, 0.1) is 5.41 Å². The first-order chi connectivity index (χ1) is 10.2. The maximum Gasteiger partial charge on any atom is 0.419 e. The van der Waals surface area contributed by atoms with Gasteiger partial charge in [0, 0.05) is 30.3 Å². The van der Waals surface area contributed by atoms with E-state index in [1.165, 1.54) is 12.3 Å². The van der Waals surface area contributed by atoms with E-state index in [0.29, 0.717) is 12.0 Å². The van der Waals surface area contributed by atoms with Gasteiger partial charge in [0.1, 0.15) is 11.7 Å². The van der Waals surface area contributed by atoms with E-state index in [2.05, 4.69) is 15.3 Å². The van der Waals surface area contributed by atoms with E-state index in [1.807, 2.05) is 13.8 Å². The summed E-state index contributed by atoms with van der Waals surface area (Å²) in [6, 6.07) is 1.48. The van der Waals surface area contributed by atoms with Crippen molar-refractivity contribution in [2.24, 2.45) is 10.7 Å². The number of hydrogen-bond donors (Lipinski definition) is 4. The maximum absolute atomic E-state index is 12.5. The van der Waals surface area contributed by atoms with Gasteiger partial charge in [0.2, 0.25) is 0 Å². The summed E-state index contributed by atoms with van der Waals surface area (Å²) in [6.07, 6.45) is -2.58. The number of hydrogen-bond acceptors (Lipinski definition) is 5. The molecule has 0 bridgehead atoms. The maximum atomic E-state index is 12.5. The number of pyridine rings is 1. The molecule has 0 aliphatic rings. The van der Waals surface area contributed by atoms with Crippen LogP contribution in [0.5, 0.6) is 0 Å². The average Bonchev–Trinajstić information content (AvgIpc) is 2.36. The van der Waals surface area contributed by atoms with Crippen LogP contribution in [0.15, 0.2) is 29.0 Å². The Morgan fingerprint density at radius 1 is 1.45 bits per heavy atom. The molecule has 0 saturated heterocycles. The molecular weight excluding hydrogens is 297 g/mol. The van der Waals surface area contributed by atoms with Gasteiger partial charge in [-0.05, 0) is 19.9 Å². The zero-order chi connectivity index (χ0) is 16.9. The normalized spacial score (nSPS) is 13.4. The Labute approximate surface area is 125 Å². The molecule has 120 valence electrons. The first kappa shape index (κ1) is 17.5. The quantitative estimate of drug-likeness (QED) is 0.493. The molecule has 1 aromatic rings. The Bertz CT molecular complexity index is 604. The van der Waals surface area contributed by atoms with Crippen molar-refractivity contribution in [2.45, 2.75) is 26.1 Å². The largest absolute Gasteiger partial charge is 0.419 e. The molecule has 0 aromatic carbocycles. The number of rotatable bonds is 5. The van der Waals surface area contributed by atoms with E-state index in [0.717, 1.165) is 0 Å². The van der Waals surface area contributed by atoms with Crippen LogP contribution in [0.1, 0.15) is 19.4 Å². The van der Waals surface area contributed by atoms with E-state index < -0.39 is 11.7 Å². The molecule has 0 atom stereocenters. The van der Waals surface area contributed by atoms with Crippen molar-refractivity contribution in [3.63, 3.8) is 0 Å². The van der Waals surface area contributed by atoms with Gasteiger partial charge in [-0.3, -0.25) is 0 Å². The summed E-state index contributed by atoms with van der Waals surface area (Å²) in [5, 5.41) is 9.76. The van der Waals surface area contributed by atoms with Gasteiger partial charge in [0.15, 0.2) is 0 Å². The van der Waals surface area contributed by atoms with E-state index in [1.54, 1.807) is 0 Å². The topological polar surface area (TPSA) is 113 Å². The van der Waals surface area contributed by atoms with Gasteiger partial charge >= 0.3 is 6.18 Å². The fraction of sp³-hybridized carbons (Fsp3) is 0.308. The summed E-state index contributed by atoms with van der Waals surface area (Å²) in [7, 11) is 0. The molecule has 0 amide bonds. The van der Waals surface area contributed by atoms with Crippen LogP contribution in [0.4, 0.5) is 24.7 Å². The van der Waals surface area contributed by atoms with Crippen molar-refractivity contribution in [3.05, 3.63) is 29.6 Å². The van der Waals surface area contributed by atoms with Crippen LogP contribution in [-0.4, -0.2) is 29.3 Å². The van der Waals surface area contributed by atoms with Crippen LogP contribution in [0.2, 0.25) is 0 Å². The molecule has 1 heterocycles. The van der Waals surface area contributed by atoms with E-state index in [-0.39, 0.29) is 29.3 Å². The lowest BCUT2D eigenvalue weighted by Crippen LogP contribution is -2.21. The highest BCUT2D eigenvalue weighted by Gasteiger charge is 2.32. The second kappa shape index (κ2) is 6.92. The van der Waals surface area contributed by atoms with Crippen molar-refractivity contribution >= 4 is 23.6 Å². The van der Waals surface area contributed by atoms with Gasteiger partial charge in [0.05, 0.1) is 11.1 Å². The Morgan fingerprint density at radius 2 is 2.09 bits per heavy atom. The first-order valence-electron chi connectivity index (χ1n) is 6.29. The molecule has 0 saturated carbocycles. The van der Waals surface area contributed by atoms with Crippen molar-refractivity contribution in [1.29, 1.82) is 5.41 Å². The number of alkyl halides is 3. The number of amidine groups is 1. The molecule has 1 rings (SSSR count). The fourth-order valence-electron chi connectivity index (χ4n) is 1.52. The predicted molar refractivity (Wildman–Crippen MR) is 81.1 cm³/mol. The fourth-order valence-corrected chi connectivity index (χ4v) is 1.52. The minimum absolute atomic E-state index is 0.0173. The highest BCUT2D eigenvalue weighted by molar-refractivity contribution is 6.06. The molecule has 0 unspecified atom stereocenters. The molecule has 6 N–H and O–H groups in total. The van der Waals surface area contributed by atoms with E-state index >= 15 is 0 Å². The lowest BCUT2D eigenvalue weighted by Gasteiger charge is -2.14. The molecule has 0 aliphatic heterocycles. The number of halogens is 3. The van der Waals surface area contributed by atoms with E-state index in [4.69, 9.17) is 16.9 Å². The number of aliphatic imine (C=N–C) groups is 1. The molecule has 0 spiro atoms. The molecule has 0 fully saturated rings. The molecule has 9 heteroatoms. The van der Waals surface area contributed by atoms with E-state index in [9.17, 15) is 13.2 Å². The van der Waals surface area contributed by atoms with Crippen molar-refractivity contribution < 1.29 is 13.2 Å². The van der Waals surface area contributed by atoms with Crippen molar-refractivity contribution in [3.8, 4) is 0 Å². The van der Waals surface area contributed by atoms with Crippen LogP contribution in [0.3, 0.4) is 0 Å². The minimum atomic E-state index is -4.68.